The summed E-state index contributed by atoms with van der Waals surface area (Å²) in [6, 6.07) is 21.6. The van der Waals surface area contributed by atoms with Gasteiger partial charge in [0.25, 0.3) is 5.91 Å². The zero-order chi connectivity index (χ0) is 23.9. The van der Waals surface area contributed by atoms with Crippen molar-refractivity contribution in [1.82, 2.24) is 15.2 Å². The summed E-state index contributed by atoms with van der Waals surface area (Å²) in [6.45, 7) is 1.52. The molecule has 1 spiro atoms. The van der Waals surface area contributed by atoms with Gasteiger partial charge in [0, 0.05) is 25.6 Å². The van der Waals surface area contributed by atoms with Crippen LogP contribution >= 0.6 is 23.2 Å². The minimum Gasteiger partial charge on any atom is -0.321 e. The van der Waals surface area contributed by atoms with E-state index >= 15 is 0 Å². The lowest BCUT2D eigenvalue weighted by atomic mass is 9.81. The summed E-state index contributed by atoms with van der Waals surface area (Å²) in [5, 5.41) is 12.3. The number of amides is 3. The first-order chi connectivity index (χ1) is 16.4. The van der Waals surface area contributed by atoms with Crippen LogP contribution in [0.15, 0.2) is 66.7 Å². The maximum Gasteiger partial charge on any atom is 0.329 e. The number of nitriles is 1. The molecule has 2 aromatic carbocycles. The zero-order valence-electron chi connectivity index (χ0n) is 17.9. The third-order valence-electron chi connectivity index (χ3n) is 6.32. The van der Waals surface area contributed by atoms with E-state index in [1.54, 1.807) is 12.1 Å². The second-order valence-corrected chi connectivity index (χ2v) is 9.23. The minimum atomic E-state index is -1.18. The van der Waals surface area contributed by atoms with Crippen molar-refractivity contribution < 1.29 is 9.59 Å². The van der Waals surface area contributed by atoms with Crippen molar-refractivity contribution in [2.24, 2.45) is 0 Å². The van der Waals surface area contributed by atoms with E-state index in [1.165, 1.54) is 12.1 Å². The molecular formula is C25H19Cl2N5O2. The molecule has 7 nitrogen and oxygen atoms in total. The van der Waals surface area contributed by atoms with E-state index in [-0.39, 0.29) is 27.8 Å². The summed E-state index contributed by atoms with van der Waals surface area (Å²) >= 11 is 12.1. The molecule has 0 aliphatic carbocycles. The average Bonchev–Trinajstić information content (AvgIpc) is 3.29. The van der Waals surface area contributed by atoms with Gasteiger partial charge in [0.05, 0.1) is 17.3 Å². The highest BCUT2D eigenvalue weighted by atomic mass is 35.5. The van der Waals surface area contributed by atoms with E-state index in [4.69, 9.17) is 23.2 Å². The van der Waals surface area contributed by atoms with Crippen molar-refractivity contribution in [3.63, 3.8) is 0 Å². The molecule has 0 radical (unpaired) electrons. The van der Waals surface area contributed by atoms with Gasteiger partial charge in [-0.15, -0.1) is 0 Å². The second kappa shape index (κ2) is 8.73. The third-order valence-corrected chi connectivity index (χ3v) is 6.71. The van der Waals surface area contributed by atoms with Crippen LogP contribution in [0.25, 0.3) is 0 Å². The summed E-state index contributed by atoms with van der Waals surface area (Å²) in [5.74, 6) is -0.695. The average molecular weight is 492 g/mol. The van der Waals surface area contributed by atoms with Crippen LogP contribution in [0.1, 0.15) is 22.6 Å². The van der Waals surface area contributed by atoms with Crippen molar-refractivity contribution in [3.05, 3.63) is 93.7 Å². The highest BCUT2D eigenvalue weighted by Crippen LogP contribution is 2.42. The summed E-state index contributed by atoms with van der Waals surface area (Å²) < 4.78 is 0. The number of urea groups is 1. The molecule has 5 rings (SSSR count). The number of hydrogen-bond donors (Lipinski definition) is 1. The number of carbonyl (C=O) groups excluding carboxylic acids is 2. The maximum atomic E-state index is 13.9. The van der Waals surface area contributed by atoms with E-state index in [0.717, 1.165) is 16.0 Å². The summed E-state index contributed by atoms with van der Waals surface area (Å²) in [5.41, 5.74) is 1.60. The number of anilines is 1. The van der Waals surface area contributed by atoms with Crippen LogP contribution in [-0.4, -0.2) is 40.5 Å². The van der Waals surface area contributed by atoms with E-state index < -0.39 is 11.6 Å². The SMILES string of the molecule is N#Cc1ccc([C@@H]2CN(Cc3ccccc3)C[C@@]23NC(=O)N(c2cc(Cl)nc(Cl)c2)C3=O)cc1. The van der Waals surface area contributed by atoms with Crippen molar-refractivity contribution in [1.29, 1.82) is 5.26 Å². The smallest absolute Gasteiger partial charge is 0.321 e. The normalized spacial score (nSPS) is 22.3. The number of carbonyl (C=O) groups is 2. The van der Waals surface area contributed by atoms with Crippen molar-refractivity contribution in [3.8, 4) is 6.07 Å². The van der Waals surface area contributed by atoms with Gasteiger partial charge in [-0.2, -0.15) is 5.26 Å². The van der Waals surface area contributed by atoms with Gasteiger partial charge in [0.2, 0.25) is 0 Å². The zero-order valence-corrected chi connectivity index (χ0v) is 19.4. The molecule has 34 heavy (non-hydrogen) atoms. The molecule has 2 aliphatic heterocycles. The Bertz CT molecular complexity index is 1290. The molecule has 0 unspecified atom stereocenters. The molecule has 0 saturated carbocycles. The minimum absolute atomic E-state index is 0.0878. The number of benzene rings is 2. The Hall–Kier alpha value is -3.44. The second-order valence-electron chi connectivity index (χ2n) is 8.45. The standard InChI is InChI=1S/C25H19Cl2N5O2/c26-21-10-19(11-22(27)29-21)32-23(33)25(30-24(32)34)15-31(13-17-4-2-1-3-5-17)14-20(25)18-8-6-16(12-28)7-9-18/h1-11,20H,13-15H2,(H,30,34)/t20-,25+/m0/s1. The molecule has 2 saturated heterocycles. The Morgan fingerprint density at radius 2 is 1.74 bits per heavy atom. The van der Waals surface area contributed by atoms with Crippen LogP contribution in [0, 0.1) is 11.3 Å². The van der Waals surface area contributed by atoms with Gasteiger partial charge in [-0.1, -0.05) is 65.7 Å². The topological polar surface area (TPSA) is 89.3 Å². The number of nitrogens with one attached hydrogen (secondary N) is 1. The summed E-state index contributed by atoms with van der Waals surface area (Å²) in [6.07, 6.45) is 0. The maximum absolute atomic E-state index is 13.9. The Kier molecular flexibility index (Phi) is 5.74. The fraction of sp³-hybridized carbons (Fsp3) is 0.200. The number of likely N-dealkylation sites (tertiary alicyclic amines) is 1. The third kappa shape index (κ3) is 3.90. The van der Waals surface area contributed by atoms with E-state index in [1.807, 2.05) is 42.5 Å². The van der Waals surface area contributed by atoms with Gasteiger partial charge < -0.3 is 5.32 Å². The molecule has 0 bridgehead atoms. The van der Waals surface area contributed by atoms with Crippen LogP contribution in [0.5, 0.6) is 0 Å². The van der Waals surface area contributed by atoms with E-state index in [9.17, 15) is 14.9 Å². The number of rotatable bonds is 4. The number of nitrogens with zero attached hydrogens (tertiary/aromatic N) is 4. The summed E-state index contributed by atoms with van der Waals surface area (Å²) in [7, 11) is 0. The van der Waals surface area contributed by atoms with E-state index in [2.05, 4.69) is 21.3 Å². The molecular weight excluding hydrogens is 473 g/mol. The van der Waals surface area contributed by atoms with Crippen LogP contribution in [0.3, 0.4) is 0 Å². The number of halogens is 2. The highest BCUT2D eigenvalue weighted by molar-refractivity contribution is 6.33. The highest BCUT2D eigenvalue weighted by Gasteiger charge is 2.60. The molecule has 1 aromatic heterocycles. The lowest BCUT2D eigenvalue weighted by molar-refractivity contribution is -0.122. The molecule has 1 N–H and O–H groups in total. The first-order valence-corrected chi connectivity index (χ1v) is 11.4. The van der Waals surface area contributed by atoms with Gasteiger partial charge in [0.1, 0.15) is 15.8 Å². The Labute approximate surface area is 206 Å². The molecule has 3 amide bonds. The fourth-order valence-electron chi connectivity index (χ4n) is 4.83. The first-order valence-electron chi connectivity index (χ1n) is 10.7. The van der Waals surface area contributed by atoms with Gasteiger partial charge in [-0.25, -0.2) is 14.7 Å². The predicted molar refractivity (Wildman–Crippen MR) is 129 cm³/mol. The lowest BCUT2D eigenvalue weighted by Gasteiger charge is -2.28. The van der Waals surface area contributed by atoms with Crippen LogP contribution < -0.4 is 10.2 Å². The van der Waals surface area contributed by atoms with Gasteiger partial charge in [-0.05, 0) is 35.4 Å². The van der Waals surface area contributed by atoms with Gasteiger partial charge in [-0.3, -0.25) is 9.69 Å². The number of hydrogen-bond acceptors (Lipinski definition) is 5. The molecule has 3 heterocycles. The Morgan fingerprint density at radius 1 is 1.06 bits per heavy atom. The van der Waals surface area contributed by atoms with Crippen molar-refractivity contribution >= 4 is 40.8 Å². The van der Waals surface area contributed by atoms with Crippen LogP contribution in [-0.2, 0) is 11.3 Å². The molecule has 2 aliphatic rings. The predicted octanol–water partition coefficient (Wildman–Crippen LogP) is 4.35. The Balaban J connectivity index is 1.54. The van der Waals surface area contributed by atoms with Gasteiger partial charge >= 0.3 is 6.03 Å². The number of imide groups is 1. The molecule has 9 heteroatoms. The van der Waals surface area contributed by atoms with Crippen LogP contribution in [0.2, 0.25) is 10.3 Å². The monoisotopic (exact) mass is 491 g/mol. The van der Waals surface area contributed by atoms with E-state index in [0.29, 0.717) is 25.2 Å². The summed E-state index contributed by atoms with van der Waals surface area (Å²) in [4.78, 5) is 34.2. The molecule has 170 valence electrons. The Morgan fingerprint density at radius 3 is 2.38 bits per heavy atom. The quantitative estimate of drug-likeness (QED) is 0.432. The van der Waals surface area contributed by atoms with Gasteiger partial charge in [0.15, 0.2) is 0 Å². The van der Waals surface area contributed by atoms with Crippen molar-refractivity contribution in [2.75, 3.05) is 18.0 Å². The van der Waals surface area contributed by atoms with Crippen molar-refractivity contribution in [2.45, 2.75) is 18.0 Å². The first kappa shape index (κ1) is 22.4. The van der Waals surface area contributed by atoms with Crippen LogP contribution in [0.4, 0.5) is 10.5 Å². The fourth-order valence-corrected chi connectivity index (χ4v) is 5.28. The molecule has 3 aromatic rings. The number of aromatic nitrogens is 1. The molecule has 2 fully saturated rings. The number of pyridine rings is 1. The molecule has 2 atom stereocenters. The largest absolute Gasteiger partial charge is 0.329 e. The lowest BCUT2D eigenvalue weighted by Crippen LogP contribution is -2.53.